The maximum absolute atomic E-state index is 15.4. The van der Waals surface area contributed by atoms with Gasteiger partial charge >= 0.3 is 23.6 Å². The van der Waals surface area contributed by atoms with Gasteiger partial charge in [-0.15, -0.1) is 0 Å². The second-order valence-corrected chi connectivity index (χ2v) is 7.26. The number of benzene rings is 2. The Kier molecular flexibility index (Phi) is 6.32. The van der Waals surface area contributed by atoms with Crippen LogP contribution in [0, 0.1) is 0 Å². The van der Waals surface area contributed by atoms with Crippen molar-refractivity contribution in [2.24, 2.45) is 0 Å². The summed E-state index contributed by atoms with van der Waals surface area (Å²) in [6.07, 6.45) is -5.30. The molecule has 1 aromatic heterocycles. The standard InChI is InChI=1S/C22H18F2N4O6/c23-22(24)16(34-18(30)14-9-5-2-6-10-14)15(11-32-17(29)13-7-3-1-4-8-13)33-19(22)28-12-26-20(25)27-21(28)31/h1-10,12,15-16,19H,11H2,(H2,25,27,31)/t15-,16-,19?/m1/s1. The number of ether oxygens (including phenoxy) is 3. The second kappa shape index (κ2) is 9.35. The number of rotatable bonds is 6. The molecule has 12 heteroatoms. The van der Waals surface area contributed by atoms with E-state index in [1.54, 1.807) is 24.3 Å². The SMILES string of the molecule is Nc1ncn(C2O[C@H](COC(=O)c3ccccc3)[C@@H](OC(=O)c3ccccc3)C2(F)F)c(=O)n1. The van der Waals surface area contributed by atoms with Gasteiger partial charge in [-0.25, -0.2) is 23.9 Å². The minimum atomic E-state index is -3.92. The molecule has 1 aliphatic heterocycles. The highest BCUT2D eigenvalue weighted by molar-refractivity contribution is 5.90. The van der Waals surface area contributed by atoms with Crippen molar-refractivity contribution in [2.75, 3.05) is 12.3 Å². The Hall–Kier alpha value is -4.19. The summed E-state index contributed by atoms with van der Waals surface area (Å²) in [7, 11) is 0. The third-order valence-corrected chi connectivity index (χ3v) is 4.98. The van der Waals surface area contributed by atoms with Crippen molar-refractivity contribution in [3.63, 3.8) is 0 Å². The first-order chi connectivity index (χ1) is 16.3. The highest BCUT2D eigenvalue weighted by atomic mass is 19.3. The van der Waals surface area contributed by atoms with Gasteiger partial charge in [-0.2, -0.15) is 13.8 Å². The quantitative estimate of drug-likeness (QED) is 0.533. The average Bonchev–Trinajstić information content (AvgIpc) is 3.08. The summed E-state index contributed by atoms with van der Waals surface area (Å²) in [4.78, 5) is 43.8. The van der Waals surface area contributed by atoms with Crippen molar-refractivity contribution in [3.05, 3.63) is 88.6 Å². The minimum absolute atomic E-state index is 0.0229. The van der Waals surface area contributed by atoms with Crippen molar-refractivity contribution in [2.45, 2.75) is 24.4 Å². The molecule has 3 atom stereocenters. The number of nitrogens with two attached hydrogens (primary N) is 1. The zero-order valence-electron chi connectivity index (χ0n) is 17.4. The number of halogens is 2. The van der Waals surface area contributed by atoms with E-state index in [1.807, 2.05) is 0 Å². The van der Waals surface area contributed by atoms with Crippen molar-refractivity contribution < 1.29 is 32.6 Å². The summed E-state index contributed by atoms with van der Waals surface area (Å²) in [5.41, 5.74) is 4.39. The zero-order chi connectivity index (χ0) is 24.3. The Morgan fingerprint density at radius 1 is 1.03 bits per heavy atom. The molecule has 0 spiro atoms. The molecule has 34 heavy (non-hydrogen) atoms. The summed E-state index contributed by atoms with van der Waals surface area (Å²) >= 11 is 0. The number of alkyl halides is 2. The largest absolute Gasteiger partial charge is 0.459 e. The fourth-order valence-corrected chi connectivity index (χ4v) is 3.34. The van der Waals surface area contributed by atoms with Crippen LogP contribution < -0.4 is 11.4 Å². The van der Waals surface area contributed by atoms with E-state index in [0.29, 0.717) is 4.57 Å². The first-order valence-corrected chi connectivity index (χ1v) is 9.99. The molecule has 0 bridgehead atoms. The second-order valence-electron chi connectivity index (χ2n) is 7.26. The number of anilines is 1. The molecule has 3 aromatic rings. The number of esters is 2. The van der Waals surface area contributed by atoms with E-state index >= 15 is 8.78 Å². The van der Waals surface area contributed by atoms with Crippen LogP contribution in [0.15, 0.2) is 71.8 Å². The van der Waals surface area contributed by atoms with Gasteiger partial charge in [-0.1, -0.05) is 36.4 Å². The smallest absolute Gasteiger partial charge is 0.354 e. The summed E-state index contributed by atoms with van der Waals surface area (Å²) in [5.74, 6) is -6.17. The fourth-order valence-electron chi connectivity index (χ4n) is 3.34. The molecule has 1 aliphatic rings. The lowest BCUT2D eigenvalue weighted by Gasteiger charge is -2.24. The van der Waals surface area contributed by atoms with Crippen LogP contribution in [0.5, 0.6) is 0 Å². The van der Waals surface area contributed by atoms with Gasteiger partial charge in [0, 0.05) is 0 Å². The molecule has 0 radical (unpaired) electrons. The van der Waals surface area contributed by atoms with Crippen molar-refractivity contribution in [1.29, 1.82) is 0 Å². The predicted molar refractivity (Wildman–Crippen MR) is 112 cm³/mol. The first kappa shape index (κ1) is 23.0. The van der Waals surface area contributed by atoms with Crippen LogP contribution in [0.2, 0.25) is 0 Å². The van der Waals surface area contributed by atoms with Crippen LogP contribution in [0.4, 0.5) is 14.7 Å². The molecule has 0 aliphatic carbocycles. The first-order valence-electron chi connectivity index (χ1n) is 9.99. The van der Waals surface area contributed by atoms with Gasteiger partial charge in [0.05, 0.1) is 11.1 Å². The van der Waals surface area contributed by atoms with E-state index in [0.717, 1.165) is 6.33 Å². The molecule has 0 saturated carbocycles. The number of nitrogen functional groups attached to an aromatic ring is 1. The van der Waals surface area contributed by atoms with E-state index in [4.69, 9.17) is 19.9 Å². The number of hydrogen-bond donors (Lipinski definition) is 1. The maximum Gasteiger partial charge on any atom is 0.354 e. The molecular weight excluding hydrogens is 454 g/mol. The molecule has 2 heterocycles. The Morgan fingerprint density at radius 3 is 2.21 bits per heavy atom. The van der Waals surface area contributed by atoms with Crippen LogP contribution in [0.25, 0.3) is 0 Å². The number of carbonyl (C=O) groups is 2. The molecule has 10 nitrogen and oxygen atoms in total. The molecule has 0 amide bonds. The van der Waals surface area contributed by atoms with Gasteiger partial charge in [-0.05, 0) is 24.3 Å². The van der Waals surface area contributed by atoms with E-state index in [1.165, 1.54) is 36.4 Å². The number of nitrogens with zero attached hydrogens (tertiary/aromatic N) is 3. The molecule has 1 saturated heterocycles. The summed E-state index contributed by atoms with van der Waals surface area (Å²) in [6, 6.07) is 15.3. The number of carbonyl (C=O) groups excluding carboxylic acids is 2. The predicted octanol–water partition coefficient (Wildman–Crippen LogP) is 1.84. The van der Waals surface area contributed by atoms with Gasteiger partial charge < -0.3 is 19.9 Å². The number of hydrogen-bond acceptors (Lipinski definition) is 9. The monoisotopic (exact) mass is 472 g/mol. The zero-order valence-corrected chi connectivity index (χ0v) is 17.4. The normalized spacial score (nSPS) is 21.1. The van der Waals surface area contributed by atoms with Crippen molar-refractivity contribution in [3.8, 4) is 0 Å². The lowest BCUT2D eigenvalue weighted by Crippen LogP contribution is -2.45. The van der Waals surface area contributed by atoms with Gasteiger partial charge in [0.25, 0.3) is 0 Å². The molecule has 2 N–H and O–H groups in total. The Balaban J connectivity index is 1.61. The van der Waals surface area contributed by atoms with E-state index < -0.39 is 54.5 Å². The Bertz CT molecular complexity index is 1240. The summed E-state index contributed by atoms with van der Waals surface area (Å²) < 4.78 is 46.9. The van der Waals surface area contributed by atoms with Crippen LogP contribution in [0.3, 0.4) is 0 Å². The highest BCUT2D eigenvalue weighted by Gasteiger charge is 2.63. The van der Waals surface area contributed by atoms with Crippen molar-refractivity contribution in [1.82, 2.24) is 14.5 Å². The Labute approximate surface area is 190 Å². The minimum Gasteiger partial charge on any atom is -0.459 e. The van der Waals surface area contributed by atoms with Crippen molar-refractivity contribution >= 4 is 17.9 Å². The molecule has 1 fully saturated rings. The van der Waals surface area contributed by atoms with Crippen LogP contribution in [0.1, 0.15) is 26.9 Å². The average molecular weight is 472 g/mol. The molecule has 4 rings (SSSR count). The van der Waals surface area contributed by atoms with Gasteiger partial charge in [0.15, 0.2) is 6.10 Å². The maximum atomic E-state index is 15.4. The molecular formula is C22H18F2N4O6. The third-order valence-electron chi connectivity index (χ3n) is 4.98. The topological polar surface area (TPSA) is 136 Å². The van der Waals surface area contributed by atoms with E-state index in [-0.39, 0.29) is 11.1 Å². The fraction of sp³-hybridized carbons (Fsp3) is 0.227. The third kappa shape index (κ3) is 4.62. The lowest BCUT2D eigenvalue weighted by atomic mass is 10.1. The van der Waals surface area contributed by atoms with Crippen LogP contribution in [-0.2, 0) is 14.2 Å². The van der Waals surface area contributed by atoms with E-state index in [2.05, 4.69) is 9.97 Å². The molecule has 2 aromatic carbocycles. The molecule has 1 unspecified atom stereocenters. The van der Waals surface area contributed by atoms with Crippen LogP contribution >= 0.6 is 0 Å². The lowest BCUT2D eigenvalue weighted by molar-refractivity contribution is -0.143. The molecule has 176 valence electrons. The van der Waals surface area contributed by atoms with Gasteiger partial charge in [0.2, 0.25) is 12.2 Å². The van der Waals surface area contributed by atoms with Gasteiger partial charge in [-0.3, -0.25) is 0 Å². The summed E-state index contributed by atoms with van der Waals surface area (Å²) in [6.45, 7) is -0.683. The summed E-state index contributed by atoms with van der Waals surface area (Å²) in [5, 5.41) is 0. The van der Waals surface area contributed by atoms with E-state index in [9.17, 15) is 14.4 Å². The van der Waals surface area contributed by atoms with Crippen LogP contribution in [-0.4, -0.2) is 51.2 Å². The number of aromatic nitrogens is 3. The Morgan fingerprint density at radius 2 is 1.62 bits per heavy atom. The van der Waals surface area contributed by atoms with Gasteiger partial charge in [0.1, 0.15) is 19.0 Å². The highest BCUT2D eigenvalue weighted by Crippen LogP contribution is 2.44.